The van der Waals surface area contributed by atoms with Gasteiger partial charge in [-0.2, -0.15) is 5.26 Å². The molecule has 4 heteroatoms. The van der Waals surface area contributed by atoms with E-state index in [0.717, 1.165) is 5.56 Å². The molecular weight excluding hydrogens is 228 g/mol. The van der Waals surface area contributed by atoms with E-state index in [9.17, 15) is 4.79 Å². The molecular formula is C14H12N2O2. The quantitative estimate of drug-likeness (QED) is 0.896. The van der Waals surface area contributed by atoms with Gasteiger partial charge in [-0.1, -0.05) is 37.3 Å². The average molecular weight is 240 g/mol. The summed E-state index contributed by atoms with van der Waals surface area (Å²) in [5.41, 5.74) is 1.20. The van der Waals surface area contributed by atoms with Crippen molar-refractivity contribution in [1.29, 1.82) is 5.26 Å². The highest BCUT2D eigenvalue weighted by atomic mass is 16.4. The first kappa shape index (κ1) is 11.9. The topological polar surface area (TPSA) is 66.0 Å². The Morgan fingerprint density at radius 1 is 1.39 bits per heavy atom. The average Bonchev–Trinajstić information content (AvgIpc) is 2.82. The van der Waals surface area contributed by atoms with E-state index in [0.29, 0.717) is 17.7 Å². The minimum Gasteiger partial charge on any atom is -0.439 e. The molecule has 0 saturated carbocycles. The van der Waals surface area contributed by atoms with Crippen molar-refractivity contribution in [3.05, 3.63) is 42.0 Å². The Bertz CT molecular complexity index is 594. The van der Waals surface area contributed by atoms with Crippen LogP contribution in [-0.2, 0) is 4.79 Å². The molecule has 1 aromatic carbocycles. The van der Waals surface area contributed by atoms with Crippen LogP contribution in [0.4, 0.5) is 5.88 Å². The molecule has 1 N–H and O–H groups in total. The smallest absolute Gasteiger partial charge is 0.226 e. The molecule has 0 saturated heterocycles. The molecule has 1 heterocycles. The molecule has 1 amide bonds. The van der Waals surface area contributed by atoms with Crippen molar-refractivity contribution in [3.63, 3.8) is 0 Å². The molecule has 2 aromatic rings. The number of furan rings is 1. The third-order valence-corrected chi connectivity index (χ3v) is 2.48. The molecule has 0 atom stereocenters. The lowest BCUT2D eigenvalue weighted by molar-refractivity contribution is -0.116. The van der Waals surface area contributed by atoms with Gasteiger partial charge in [0.15, 0.2) is 0 Å². The van der Waals surface area contributed by atoms with Crippen LogP contribution in [0, 0.1) is 11.3 Å². The highest BCUT2D eigenvalue weighted by Gasteiger charge is 2.13. The predicted molar refractivity (Wildman–Crippen MR) is 67.8 cm³/mol. The Morgan fingerprint density at radius 3 is 2.72 bits per heavy atom. The number of nitrogens with zero attached hydrogens (tertiary/aromatic N) is 1. The first-order valence-electron chi connectivity index (χ1n) is 5.63. The number of hydrogen-bond acceptors (Lipinski definition) is 3. The van der Waals surface area contributed by atoms with E-state index < -0.39 is 0 Å². The second-order valence-electron chi connectivity index (χ2n) is 3.73. The SMILES string of the molecule is CCC(=O)Nc1oc(-c2ccccc2)cc1C#N. The van der Waals surface area contributed by atoms with Crippen LogP contribution in [0.15, 0.2) is 40.8 Å². The fourth-order valence-corrected chi connectivity index (χ4v) is 1.53. The van der Waals surface area contributed by atoms with Gasteiger partial charge in [0.05, 0.1) is 0 Å². The minimum atomic E-state index is -0.180. The van der Waals surface area contributed by atoms with E-state index in [4.69, 9.17) is 9.68 Å². The maximum atomic E-state index is 11.3. The summed E-state index contributed by atoms with van der Waals surface area (Å²) in [6.07, 6.45) is 0.340. The summed E-state index contributed by atoms with van der Waals surface area (Å²) in [5, 5.41) is 11.6. The maximum Gasteiger partial charge on any atom is 0.226 e. The summed E-state index contributed by atoms with van der Waals surface area (Å²) in [5.74, 6) is 0.599. The van der Waals surface area contributed by atoms with Crippen molar-refractivity contribution in [2.75, 3.05) is 5.32 Å². The Morgan fingerprint density at radius 2 is 2.11 bits per heavy atom. The van der Waals surface area contributed by atoms with Crippen molar-refractivity contribution in [3.8, 4) is 17.4 Å². The van der Waals surface area contributed by atoms with Crippen LogP contribution in [0.1, 0.15) is 18.9 Å². The Balaban J connectivity index is 2.36. The highest BCUT2D eigenvalue weighted by Crippen LogP contribution is 2.28. The molecule has 0 aliphatic rings. The lowest BCUT2D eigenvalue weighted by Crippen LogP contribution is -2.09. The van der Waals surface area contributed by atoms with Crippen molar-refractivity contribution in [1.82, 2.24) is 0 Å². The van der Waals surface area contributed by atoms with Crippen molar-refractivity contribution in [2.24, 2.45) is 0 Å². The van der Waals surface area contributed by atoms with Gasteiger partial charge in [0, 0.05) is 18.1 Å². The molecule has 0 spiro atoms. The normalized spacial score (nSPS) is 9.78. The fourth-order valence-electron chi connectivity index (χ4n) is 1.53. The second-order valence-corrected chi connectivity index (χ2v) is 3.73. The van der Waals surface area contributed by atoms with Crippen molar-refractivity contribution in [2.45, 2.75) is 13.3 Å². The number of nitrogens with one attached hydrogen (secondary N) is 1. The molecule has 4 nitrogen and oxygen atoms in total. The third kappa shape index (κ3) is 2.41. The maximum absolute atomic E-state index is 11.3. The summed E-state index contributed by atoms with van der Waals surface area (Å²) in [7, 11) is 0. The Kier molecular flexibility index (Phi) is 3.44. The van der Waals surface area contributed by atoms with Gasteiger partial charge in [0.2, 0.25) is 11.8 Å². The summed E-state index contributed by atoms with van der Waals surface area (Å²) < 4.78 is 5.51. The summed E-state index contributed by atoms with van der Waals surface area (Å²) in [4.78, 5) is 11.3. The third-order valence-electron chi connectivity index (χ3n) is 2.48. The van der Waals surface area contributed by atoms with Crippen molar-refractivity contribution >= 4 is 11.8 Å². The van der Waals surface area contributed by atoms with Crippen molar-refractivity contribution < 1.29 is 9.21 Å². The number of rotatable bonds is 3. The molecule has 0 aliphatic heterocycles. The predicted octanol–water partition coefficient (Wildman–Crippen LogP) is 3.17. The van der Waals surface area contributed by atoms with Gasteiger partial charge in [-0.3, -0.25) is 10.1 Å². The van der Waals surface area contributed by atoms with E-state index >= 15 is 0 Å². The fraction of sp³-hybridized carbons (Fsp3) is 0.143. The van der Waals surface area contributed by atoms with Gasteiger partial charge >= 0.3 is 0 Å². The zero-order valence-electron chi connectivity index (χ0n) is 9.93. The lowest BCUT2D eigenvalue weighted by Gasteiger charge is -1.99. The van der Waals surface area contributed by atoms with Crippen LogP contribution in [0.25, 0.3) is 11.3 Å². The van der Waals surface area contributed by atoms with Gasteiger partial charge in [0.1, 0.15) is 17.4 Å². The van der Waals surface area contributed by atoms with E-state index in [1.165, 1.54) is 0 Å². The first-order chi connectivity index (χ1) is 8.74. The zero-order valence-corrected chi connectivity index (χ0v) is 9.93. The van der Waals surface area contributed by atoms with Crippen LogP contribution in [0.3, 0.4) is 0 Å². The van der Waals surface area contributed by atoms with E-state index in [-0.39, 0.29) is 11.8 Å². The van der Waals surface area contributed by atoms with Crippen LogP contribution >= 0.6 is 0 Å². The number of nitriles is 1. The van der Waals surface area contributed by atoms with Gasteiger partial charge in [-0.25, -0.2) is 0 Å². The minimum absolute atomic E-state index is 0.180. The molecule has 90 valence electrons. The number of hydrogen-bond donors (Lipinski definition) is 1. The van der Waals surface area contributed by atoms with Crippen LogP contribution in [0.2, 0.25) is 0 Å². The number of carbonyl (C=O) groups excluding carboxylic acids is 1. The highest BCUT2D eigenvalue weighted by molar-refractivity contribution is 5.90. The Labute approximate surface area is 105 Å². The molecule has 2 rings (SSSR count). The molecule has 0 radical (unpaired) electrons. The molecule has 0 fully saturated rings. The zero-order chi connectivity index (χ0) is 13.0. The van der Waals surface area contributed by atoms with Crippen LogP contribution < -0.4 is 5.32 Å². The van der Waals surface area contributed by atoms with Crippen LogP contribution in [-0.4, -0.2) is 5.91 Å². The largest absolute Gasteiger partial charge is 0.439 e. The van der Waals surface area contributed by atoms with E-state index in [2.05, 4.69) is 5.32 Å². The molecule has 0 aliphatic carbocycles. The molecule has 18 heavy (non-hydrogen) atoms. The molecule has 0 bridgehead atoms. The van der Waals surface area contributed by atoms with Gasteiger partial charge in [0.25, 0.3) is 0 Å². The summed E-state index contributed by atoms with van der Waals surface area (Å²) in [6, 6.07) is 13.1. The Hall–Kier alpha value is -2.54. The number of carbonyl (C=O) groups is 1. The van der Waals surface area contributed by atoms with Crippen LogP contribution in [0.5, 0.6) is 0 Å². The molecule has 1 aromatic heterocycles. The lowest BCUT2D eigenvalue weighted by atomic mass is 10.1. The monoisotopic (exact) mass is 240 g/mol. The van der Waals surface area contributed by atoms with Gasteiger partial charge in [-0.15, -0.1) is 0 Å². The molecule has 0 unspecified atom stereocenters. The van der Waals surface area contributed by atoms with Gasteiger partial charge < -0.3 is 4.42 Å². The summed E-state index contributed by atoms with van der Waals surface area (Å²) in [6.45, 7) is 1.74. The first-order valence-corrected chi connectivity index (χ1v) is 5.63. The number of benzene rings is 1. The van der Waals surface area contributed by atoms with E-state index in [1.807, 2.05) is 36.4 Å². The summed E-state index contributed by atoms with van der Waals surface area (Å²) >= 11 is 0. The second kappa shape index (κ2) is 5.19. The standard InChI is InChI=1S/C14H12N2O2/c1-2-13(17)16-14-11(9-15)8-12(18-14)10-6-4-3-5-7-10/h3-8H,2H2,1H3,(H,16,17). The van der Waals surface area contributed by atoms with Gasteiger partial charge in [-0.05, 0) is 0 Å². The number of amides is 1. The van der Waals surface area contributed by atoms with E-state index in [1.54, 1.807) is 13.0 Å². The number of anilines is 1.